The summed E-state index contributed by atoms with van der Waals surface area (Å²) < 4.78 is 31.8. The summed E-state index contributed by atoms with van der Waals surface area (Å²) in [7, 11) is -3.81. The number of hydrogen-bond donors (Lipinski definition) is 0. The van der Waals surface area contributed by atoms with Crippen LogP contribution in [0.15, 0.2) is 114 Å². The summed E-state index contributed by atoms with van der Waals surface area (Å²) in [6.45, 7) is 1.96. The van der Waals surface area contributed by atoms with Crippen LogP contribution in [0.2, 0.25) is 0 Å². The van der Waals surface area contributed by atoms with E-state index < -0.39 is 10.0 Å². The van der Waals surface area contributed by atoms with Crippen molar-refractivity contribution in [1.29, 1.82) is 0 Å². The van der Waals surface area contributed by atoms with Crippen LogP contribution < -0.4 is 8.92 Å². The second kappa shape index (κ2) is 8.44. The van der Waals surface area contributed by atoms with Gasteiger partial charge in [-0.2, -0.15) is 0 Å². The Morgan fingerprint density at radius 1 is 0.688 bits per heavy atom. The molecule has 0 saturated carbocycles. The molecule has 0 aliphatic carbocycles. The van der Waals surface area contributed by atoms with Gasteiger partial charge in [0.2, 0.25) is 0 Å². The Bertz CT molecular complexity index is 1490. The quantitative estimate of drug-likeness (QED) is 0.332. The van der Waals surface area contributed by atoms with Crippen LogP contribution in [0.4, 0.5) is 0 Å². The molecule has 5 rings (SSSR count). The van der Waals surface area contributed by atoms with Crippen molar-refractivity contribution in [2.24, 2.45) is 0 Å². The Balaban J connectivity index is 1.86. The van der Waals surface area contributed by atoms with Crippen molar-refractivity contribution >= 4 is 44.8 Å². The Labute approximate surface area is 194 Å². The molecule has 0 aliphatic heterocycles. The molecule has 1 heterocycles. The first-order chi connectivity index (χ1) is 15.6. The minimum absolute atomic E-state index is 0.0694. The zero-order valence-electron chi connectivity index (χ0n) is 17.5. The molecule has 5 aromatic rings. The molecule has 0 radical (unpaired) electrons. The van der Waals surface area contributed by atoms with E-state index in [1.807, 2.05) is 91.9 Å². The average molecular weight is 502 g/mol. The van der Waals surface area contributed by atoms with E-state index in [1.165, 1.54) is 4.46 Å². The van der Waals surface area contributed by atoms with E-state index in [-0.39, 0.29) is 15.0 Å². The van der Waals surface area contributed by atoms with E-state index in [9.17, 15) is 8.42 Å². The van der Waals surface area contributed by atoms with Crippen LogP contribution >= 0.6 is 0 Å². The number of benzene rings is 4. The van der Waals surface area contributed by atoms with Gasteiger partial charge in [0, 0.05) is 0 Å². The van der Waals surface area contributed by atoms with Crippen LogP contribution in [0.5, 0.6) is 0 Å². The number of para-hydroxylation sites is 1. The van der Waals surface area contributed by atoms with Crippen molar-refractivity contribution in [1.82, 2.24) is 3.97 Å². The molecule has 0 atom stereocenters. The Morgan fingerprint density at radius 2 is 1.28 bits per heavy atom. The van der Waals surface area contributed by atoms with Gasteiger partial charge in [0.05, 0.1) is 0 Å². The van der Waals surface area contributed by atoms with E-state index in [2.05, 4.69) is 12.1 Å². The average Bonchev–Trinajstić information content (AvgIpc) is 3.15. The molecule has 4 aromatic carbocycles. The van der Waals surface area contributed by atoms with Gasteiger partial charge in [0.15, 0.2) is 0 Å². The van der Waals surface area contributed by atoms with Crippen molar-refractivity contribution in [2.75, 3.05) is 0 Å². The maximum atomic E-state index is 14.0. The summed E-state index contributed by atoms with van der Waals surface area (Å²) in [5, 5.41) is 0.978. The predicted octanol–water partition coefficient (Wildman–Crippen LogP) is 4.51. The van der Waals surface area contributed by atoms with Gasteiger partial charge >= 0.3 is 195 Å². The number of rotatable bonds is 5. The first kappa shape index (κ1) is 20.8. The molecule has 0 bridgehead atoms. The first-order valence-corrected chi connectivity index (χ1v) is 13.4. The molecule has 5 heteroatoms. The van der Waals surface area contributed by atoms with Crippen molar-refractivity contribution in [3.63, 3.8) is 0 Å². The van der Waals surface area contributed by atoms with Gasteiger partial charge in [0.25, 0.3) is 0 Å². The van der Waals surface area contributed by atoms with Gasteiger partial charge in [-0.25, -0.2) is 0 Å². The summed E-state index contributed by atoms with van der Waals surface area (Å²) >= 11 is -0.0694. The van der Waals surface area contributed by atoms with Crippen LogP contribution in [0.1, 0.15) is 5.56 Å². The number of aryl methyl sites for hydroxylation is 1. The zero-order chi connectivity index (χ0) is 22.1. The van der Waals surface area contributed by atoms with Gasteiger partial charge in [-0.05, 0) is 0 Å². The molecule has 0 unspecified atom stereocenters. The third-order valence-electron chi connectivity index (χ3n) is 5.36. The summed E-state index contributed by atoms with van der Waals surface area (Å²) in [6.07, 6.45) is 0. The Hall–Kier alpha value is -3.11. The van der Waals surface area contributed by atoms with Gasteiger partial charge in [0.1, 0.15) is 0 Å². The third kappa shape index (κ3) is 3.69. The zero-order valence-corrected chi connectivity index (χ0v) is 20.0. The SMILES string of the molecule is Cc1ccc(S(=O)(=O)n2c(-c3ccccc3)c([Se]c3ccccc3)c3ccccc32)cc1. The fourth-order valence-corrected chi connectivity index (χ4v) is 7.82. The fourth-order valence-electron chi connectivity index (χ4n) is 3.80. The monoisotopic (exact) mass is 503 g/mol. The van der Waals surface area contributed by atoms with Crippen molar-refractivity contribution in [3.8, 4) is 11.3 Å². The molecule has 32 heavy (non-hydrogen) atoms. The van der Waals surface area contributed by atoms with Crippen LogP contribution in [0.25, 0.3) is 22.2 Å². The molecular weight excluding hydrogens is 481 g/mol. The summed E-state index contributed by atoms with van der Waals surface area (Å²) in [6, 6.07) is 35.0. The topological polar surface area (TPSA) is 39.1 Å². The van der Waals surface area contributed by atoms with Gasteiger partial charge in [-0.15, -0.1) is 0 Å². The van der Waals surface area contributed by atoms with Crippen LogP contribution in [0, 0.1) is 6.92 Å². The predicted molar refractivity (Wildman–Crippen MR) is 133 cm³/mol. The third-order valence-corrected chi connectivity index (χ3v) is 9.44. The van der Waals surface area contributed by atoms with Crippen molar-refractivity contribution in [2.45, 2.75) is 11.8 Å². The standard InChI is InChI=1S/C27H21NO2SSe/c1-20-16-18-22(19-17-20)31(29,30)28-25-15-9-8-14-24(25)27(32-23-12-6-3-7-13-23)26(28)21-10-4-2-5-11-21/h2-19H,1H3. The number of hydrogen-bond acceptors (Lipinski definition) is 2. The van der Waals surface area contributed by atoms with Crippen LogP contribution in [0.3, 0.4) is 0 Å². The van der Waals surface area contributed by atoms with Crippen molar-refractivity contribution in [3.05, 3.63) is 115 Å². The maximum absolute atomic E-state index is 14.0. The molecule has 0 aliphatic rings. The number of fused-ring (bicyclic) bond motifs is 1. The molecule has 0 N–H and O–H groups in total. The Kier molecular flexibility index (Phi) is 5.48. The van der Waals surface area contributed by atoms with Gasteiger partial charge < -0.3 is 0 Å². The van der Waals surface area contributed by atoms with E-state index in [4.69, 9.17) is 0 Å². The number of aromatic nitrogens is 1. The summed E-state index contributed by atoms with van der Waals surface area (Å²) in [5.41, 5.74) is 3.38. The molecule has 0 amide bonds. The van der Waals surface area contributed by atoms with Crippen LogP contribution in [-0.2, 0) is 10.0 Å². The minimum atomic E-state index is -3.81. The molecule has 0 spiro atoms. The second-order valence-electron chi connectivity index (χ2n) is 7.56. The first-order valence-electron chi connectivity index (χ1n) is 10.3. The fraction of sp³-hybridized carbons (Fsp3) is 0.0370. The van der Waals surface area contributed by atoms with Crippen molar-refractivity contribution < 1.29 is 8.42 Å². The second-order valence-corrected chi connectivity index (χ2v) is 11.6. The van der Waals surface area contributed by atoms with E-state index in [1.54, 1.807) is 16.1 Å². The Morgan fingerprint density at radius 3 is 1.97 bits per heavy atom. The van der Waals surface area contributed by atoms with E-state index in [0.717, 1.165) is 26.7 Å². The summed E-state index contributed by atoms with van der Waals surface area (Å²) in [5.74, 6) is 0. The van der Waals surface area contributed by atoms with E-state index in [0.29, 0.717) is 10.4 Å². The molecule has 0 saturated heterocycles. The summed E-state index contributed by atoms with van der Waals surface area (Å²) in [4.78, 5) is 0.291. The molecule has 3 nitrogen and oxygen atoms in total. The molecule has 158 valence electrons. The van der Waals surface area contributed by atoms with Gasteiger partial charge in [-0.3, -0.25) is 0 Å². The number of nitrogens with zero attached hydrogens (tertiary/aromatic N) is 1. The van der Waals surface area contributed by atoms with Crippen LogP contribution in [-0.4, -0.2) is 27.3 Å². The van der Waals surface area contributed by atoms with Gasteiger partial charge in [-0.1, -0.05) is 0 Å². The molecular formula is C27H21NO2SSe. The van der Waals surface area contributed by atoms with E-state index >= 15 is 0 Å². The normalized spacial score (nSPS) is 11.7. The molecule has 0 fully saturated rings. The molecule has 1 aromatic heterocycles.